The van der Waals surface area contributed by atoms with Gasteiger partial charge in [0.1, 0.15) is 11.6 Å². The summed E-state index contributed by atoms with van der Waals surface area (Å²) in [5.74, 6) is -0.409. The number of anilines is 1. The summed E-state index contributed by atoms with van der Waals surface area (Å²) in [6, 6.07) is 20.4. The Bertz CT molecular complexity index is 1100. The zero-order valence-electron chi connectivity index (χ0n) is 18.2. The van der Waals surface area contributed by atoms with Crippen LogP contribution >= 0.6 is 11.8 Å². The second-order valence-corrected chi connectivity index (χ2v) is 8.63. The van der Waals surface area contributed by atoms with Gasteiger partial charge in [0.25, 0.3) is 11.8 Å². The van der Waals surface area contributed by atoms with Crippen LogP contribution in [0.5, 0.6) is 5.75 Å². The third kappa shape index (κ3) is 8.08. The zero-order chi connectivity index (χ0) is 23.6. The molecule has 0 spiro atoms. The highest BCUT2D eigenvalue weighted by Crippen LogP contribution is 2.23. The summed E-state index contributed by atoms with van der Waals surface area (Å²) in [6.45, 7) is 3.66. The van der Waals surface area contributed by atoms with Gasteiger partial charge in [-0.05, 0) is 80.1 Å². The highest BCUT2D eigenvalue weighted by atomic mass is 32.2. The van der Waals surface area contributed by atoms with Crippen molar-refractivity contribution in [1.82, 2.24) is 5.43 Å². The topological polar surface area (TPSA) is 79.8 Å². The van der Waals surface area contributed by atoms with E-state index in [2.05, 4.69) is 15.8 Å². The predicted octanol–water partition coefficient (Wildman–Crippen LogP) is 4.78. The molecule has 0 aliphatic heterocycles. The lowest BCUT2D eigenvalue weighted by molar-refractivity contribution is -0.120. The molecule has 0 aliphatic carbocycles. The van der Waals surface area contributed by atoms with E-state index < -0.39 is 0 Å². The van der Waals surface area contributed by atoms with E-state index in [0.29, 0.717) is 11.4 Å². The first kappa shape index (κ1) is 24.0. The number of carbonyl (C=O) groups excluding carboxylic acids is 2. The van der Waals surface area contributed by atoms with Crippen molar-refractivity contribution in [2.75, 3.05) is 11.9 Å². The Hall–Kier alpha value is -3.65. The molecule has 0 saturated carbocycles. The van der Waals surface area contributed by atoms with Crippen LogP contribution in [0.25, 0.3) is 0 Å². The number of thioether (sulfide) groups is 1. The molecule has 33 heavy (non-hydrogen) atoms. The number of rotatable bonds is 9. The monoisotopic (exact) mass is 465 g/mol. The van der Waals surface area contributed by atoms with Crippen LogP contribution < -0.4 is 15.5 Å². The van der Waals surface area contributed by atoms with Crippen molar-refractivity contribution in [1.29, 1.82) is 0 Å². The first-order chi connectivity index (χ1) is 15.9. The Morgan fingerprint density at radius 1 is 1.03 bits per heavy atom. The van der Waals surface area contributed by atoms with E-state index in [1.54, 1.807) is 24.3 Å². The van der Waals surface area contributed by atoms with Gasteiger partial charge < -0.3 is 10.1 Å². The molecular formula is C25H24FN3O3S. The lowest BCUT2D eigenvalue weighted by atomic mass is 10.2. The van der Waals surface area contributed by atoms with Gasteiger partial charge in [0.15, 0.2) is 6.61 Å². The average molecular weight is 466 g/mol. The quantitative estimate of drug-likeness (QED) is 0.271. The zero-order valence-corrected chi connectivity index (χ0v) is 19.1. The van der Waals surface area contributed by atoms with Crippen molar-refractivity contribution in [3.63, 3.8) is 0 Å². The van der Waals surface area contributed by atoms with Crippen LogP contribution in [-0.2, 0) is 9.59 Å². The minimum absolute atomic E-state index is 0.183. The maximum Gasteiger partial charge on any atom is 0.262 e. The van der Waals surface area contributed by atoms with Gasteiger partial charge in [-0.2, -0.15) is 5.10 Å². The molecule has 3 aromatic carbocycles. The molecular weight excluding hydrogens is 441 g/mol. The second kappa shape index (κ2) is 11.8. The Balaban J connectivity index is 1.41. The summed E-state index contributed by atoms with van der Waals surface area (Å²) < 4.78 is 18.4. The fourth-order valence-corrected chi connectivity index (χ4v) is 3.53. The summed E-state index contributed by atoms with van der Waals surface area (Å²) in [7, 11) is 0. The number of amides is 2. The molecule has 0 heterocycles. The van der Waals surface area contributed by atoms with Gasteiger partial charge in [-0.25, -0.2) is 9.82 Å². The van der Waals surface area contributed by atoms with E-state index in [1.807, 2.05) is 38.1 Å². The summed E-state index contributed by atoms with van der Waals surface area (Å²) >= 11 is 1.47. The number of benzene rings is 3. The van der Waals surface area contributed by atoms with Crippen molar-refractivity contribution in [2.45, 2.75) is 24.0 Å². The molecule has 1 atom stereocenters. The molecule has 8 heteroatoms. The Labute approximate surface area is 196 Å². The van der Waals surface area contributed by atoms with Crippen LogP contribution in [0.1, 0.15) is 18.1 Å². The lowest BCUT2D eigenvalue weighted by Gasteiger charge is -2.09. The Kier molecular flexibility index (Phi) is 8.60. The average Bonchev–Trinajstić information content (AvgIpc) is 2.81. The highest BCUT2D eigenvalue weighted by molar-refractivity contribution is 8.00. The Morgan fingerprint density at radius 3 is 2.36 bits per heavy atom. The van der Waals surface area contributed by atoms with E-state index in [-0.39, 0.29) is 29.5 Å². The maximum atomic E-state index is 12.9. The summed E-state index contributed by atoms with van der Waals surface area (Å²) in [6.07, 6.45) is 1.53. The third-order valence-corrected chi connectivity index (χ3v) is 5.58. The van der Waals surface area contributed by atoms with Crippen molar-refractivity contribution in [3.8, 4) is 5.75 Å². The predicted molar refractivity (Wildman–Crippen MR) is 129 cm³/mol. The SMILES string of the molecule is Cc1ccc(S[C@H](C)C(=O)N/N=C\c2ccc(OCC(=O)Nc3ccc(F)cc3)cc2)cc1. The number of hydrazone groups is 1. The minimum atomic E-state index is -0.372. The lowest BCUT2D eigenvalue weighted by Crippen LogP contribution is -2.26. The maximum absolute atomic E-state index is 12.9. The molecule has 0 aromatic heterocycles. The molecule has 0 bridgehead atoms. The number of ether oxygens (including phenoxy) is 1. The van der Waals surface area contributed by atoms with Gasteiger partial charge >= 0.3 is 0 Å². The molecule has 0 aliphatic rings. The van der Waals surface area contributed by atoms with E-state index in [0.717, 1.165) is 10.5 Å². The molecule has 2 amide bonds. The first-order valence-corrected chi connectivity index (χ1v) is 11.1. The van der Waals surface area contributed by atoms with Crippen LogP contribution in [-0.4, -0.2) is 29.9 Å². The van der Waals surface area contributed by atoms with Crippen LogP contribution in [0, 0.1) is 12.7 Å². The number of carbonyl (C=O) groups is 2. The van der Waals surface area contributed by atoms with Crippen LogP contribution in [0.2, 0.25) is 0 Å². The summed E-state index contributed by atoms with van der Waals surface area (Å²) in [4.78, 5) is 25.2. The van der Waals surface area contributed by atoms with E-state index in [4.69, 9.17) is 4.74 Å². The normalized spacial score (nSPS) is 11.7. The molecule has 0 fully saturated rings. The Morgan fingerprint density at radius 2 is 1.70 bits per heavy atom. The van der Waals surface area contributed by atoms with Crippen molar-refractivity contribution < 1.29 is 18.7 Å². The van der Waals surface area contributed by atoms with E-state index in [1.165, 1.54) is 47.8 Å². The standard InChI is InChI=1S/C25H24FN3O3S/c1-17-3-13-23(14-4-17)33-18(2)25(31)29-27-15-19-5-11-22(12-6-19)32-16-24(30)28-21-9-7-20(26)8-10-21/h3-15,18H,16H2,1-2H3,(H,28,30)(H,29,31)/b27-15-/t18-/m1/s1. The van der Waals surface area contributed by atoms with E-state index >= 15 is 0 Å². The number of aryl methyl sites for hydroxylation is 1. The van der Waals surface area contributed by atoms with Crippen LogP contribution in [0.4, 0.5) is 10.1 Å². The van der Waals surface area contributed by atoms with Gasteiger partial charge in [-0.1, -0.05) is 17.7 Å². The number of hydrogen-bond donors (Lipinski definition) is 2. The van der Waals surface area contributed by atoms with Crippen LogP contribution in [0.15, 0.2) is 82.8 Å². The number of halogens is 1. The summed E-state index contributed by atoms with van der Waals surface area (Å²) in [5, 5.41) is 6.34. The van der Waals surface area contributed by atoms with E-state index in [9.17, 15) is 14.0 Å². The van der Waals surface area contributed by atoms with Gasteiger partial charge in [0.05, 0.1) is 11.5 Å². The molecule has 170 valence electrons. The molecule has 6 nitrogen and oxygen atoms in total. The molecule has 0 unspecified atom stereocenters. The van der Waals surface area contributed by atoms with Gasteiger partial charge in [-0.3, -0.25) is 9.59 Å². The largest absolute Gasteiger partial charge is 0.484 e. The number of nitrogens with zero attached hydrogens (tertiary/aromatic N) is 1. The number of hydrogen-bond acceptors (Lipinski definition) is 5. The highest BCUT2D eigenvalue weighted by Gasteiger charge is 2.13. The van der Waals surface area contributed by atoms with Gasteiger partial charge in [0, 0.05) is 10.6 Å². The number of nitrogens with one attached hydrogen (secondary N) is 2. The third-order valence-electron chi connectivity index (χ3n) is 4.47. The fourth-order valence-electron chi connectivity index (χ4n) is 2.67. The van der Waals surface area contributed by atoms with Crippen molar-refractivity contribution >= 4 is 35.5 Å². The molecule has 0 radical (unpaired) electrons. The minimum Gasteiger partial charge on any atom is -0.484 e. The van der Waals surface area contributed by atoms with Crippen molar-refractivity contribution in [3.05, 3.63) is 89.7 Å². The van der Waals surface area contributed by atoms with Gasteiger partial charge in [0.2, 0.25) is 0 Å². The summed E-state index contributed by atoms with van der Waals surface area (Å²) in [5.41, 5.74) is 4.97. The van der Waals surface area contributed by atoms with Crippen molar-refractivity contribution in [2.24, 2.45) is 5.10 Å². The molecule has 0 saturated heterocycles. The molecule has 2 N–H and O–H groups in total. The fraction of sp³-hybridized carbons (Fsp3) is 0.160. The molecule has 3 rings (SSSR count). The molecule has 3 aromatic rings. The smallest absolute Gasteiger partial charge is 0.262 e. The van der Waals surface area contributed by atoms with Crippen LogP contribution in [0.3, 0.4) is 0 Å². The first-order valence-electron chi connectivity index (χ1n) is 10.2. The second-order valence-electron chi connectivity index (χ2n) is 7.22. The van der Waals surface area contributed by atoms with Gasteiger partial charge in [-0.15, -0.1) is 11.8 Å².